The summed E-state index contributed by atoms with van der Waals surface area (Å²) in [5.74, 6) is -0.938. The second kappa shape index (κ2) is 68.3. The Morgan fingerprint density at radius 2 is 0.476 bits per heavy atom. The zero-order chi connectivity index (χ0) is 59.2. The Morgan fingerprint density at radius 3 is 0.744 bits per heavy atom. The summed E-state index contributed by atoms with van der Waals surface area (Å²) in [6, 6.07) is 0. The molecule has 0 rings (SSSR count). The van der Waals surface area contributed by atoms with Crippen molar-refractivity contribution in [1.29, 1.82) is 0 Å². The van der Waals surface area contributed by atoms with Gasteiger partial charge in [0.15, 0.2) is 6.10 Å². The normalized spacial score (nSPS) is 13.3. The van der Waals surface area contributed by atoms with Crippen LogP contribution in [0.1, 0.15) is 271 Å². The molecule has 0 fully saturated rings. The Hall–Kier alpha value is -5.23. The molecule has 0 aliphatic carbocycles. The molecule has 6 nitrogen and oxygen atoms in total. The van der Waals surface area contributed by atoms with Gasteiger partial charge < -0.3 is 14.2 Å². The molecule has 0 aromatic carbocycles. The van der Waals surface area contributed by atoms with Crippen molar-refractivity contribution >= 4 is 17.9 Å². The van der Waals surface area contributed by atoms with Crippen LogP contribution in [-0.2, 0) is 28.6 Å². The first kappa shape index (κ1) is 76.8. The zero-order valence-electron chi connectivity index (χ0n) is 52.7. The van der Waals surface area contributed by atoms with E-state index in [0.29, 0.717) is 19.3 Å². The predicted molar refractivity (Wildman–Crippen MR) is 357 cm³/mol. The molecular formula is C76H120O6. The summed E-state index contributed by atoms with van der Waals surface area (Å²) < 4.78 is 16.8. The molecule has 0 amide bonds. The lowest BCUT2D eigenvalue weighted by atomic mass is 10.1. The lowest BCUT2D eigenvalue weighted by molar-refractivity contribution is -0.167. The molecule has 460 valence electrons. The number of carbonyl (C=O) groups excluding carboxylic acids is 3. The number of ether oxygens (including phenoxy) is 3. The van der Waals surface area contributed by atoms with Crippen LogP contribution >= 0.6 is 0 Å². The first-order chi connectivity index (χ1) is 40.5. The Labute approximate surface area is 504 Å². The van der Waals surface area contributed by atoms with E-state index in [4.69, 9.17) is 14.2 Å². The van der Waals surface area contributed by atoms with Gasteiger partial charge in [0, 0.05) is 19.3 Å². The number of esters is 3. The van der Waals surface area contributed by atoms with Gasteiger partial charge in [-0.25, -0.2) is 0 Å². The maximum atomic E-state index is 12.9. The van der Waals surface area contributed by atoms with Gasteiger partial charge in [0.25, 0.3) is 0 Å². The van der Waals surface area contributed by atoms with E-state index in [0.717, 1.165) is 167 Å². The third-order valence-electron chi connectivity index (χ3n) is 13.5. The summed E-state index contributed by atoms with van der Waals surface area (Å²) >= 11 is 0. The van der Waals surface area contributed by atoms with Gasteiger partial charge in [-0.05, 0) is 135 Å². The SMILES string of the molecule is CC/C=C\C/C=C\C/C=C\C/C=C\C/C=C\C/C=C\C/C=C\C/C=C\CCCCCCC(=O)OCC(COC(=O)CCCCCCCCCC)OC(=O)CCCCCCCCCC/C=C\C/C=C\C/C=C\C/C=C\C/C=C\C/C=C\CC. The molecule has 0 saturated carbocycles. The summed E-state index contributed by atoms with van der Waals surface area (Å²) in [5.41, 5.74) is 0. The number of hydrogen-bond acceptors (Lipinski definition) is 6. The highest BCUT2D eigenvalue weighted by atomic mass is 16.6. The van der Waals surface area contributed by atoms with Gasteiger partial charge in [0.1, 0.15) is 13.2 Å². The molecule has 6 heteroatoms. The van der Waals surface area contributed by atoms with Crippen molar-refractivity contribution in [2.24, 2.45) is 0 Å². The zero-order valence-corrected chi connectivity index (χ0v) is 52.7. The molecule has 0 radical (unpaired) electrons. The smallest absolute Gasteiger partial charge is 0.306 e. The van der Waals surface area contributed by atoms with Crippen molar-refractivity contribution < 1.29 is 28.6 Å². The third kappa shape index (κ3) is 65.6. The highest BCUT2D eigenvalue weighted by Gasteiger charge is 2.19. The van der Waals surface area contributed by atoms with E-state index < -0.39 is 6.10 Å². The van der Waals surface area contributed by atoms with Crippen molar-refractivity contribution in [3.63, 3.8) is 0 Å². The average Bonchev–Trinajstić information content (AvgIpc) is 3.47. The van der Waals surface area contributed by atoms with Gasteiger partial charge in [0.2, 0.25) is 0 Å². The minimum atomic E-state index is -0.801. The van der Waals surface area contributed by atoms with Crippen LogP contribution in [0.25, 0.3) is 0 Å². The molecule has 1 atom stereocenters. The number of allylic oxidation sites excluding steroid dienone is 28. The predicted octanol–water partition coefficient (Wildman–Crippen LogP) is 23.0. The van der Waals surface area contributed by atoms with Crippen LogP contribution in [0.4, 0.5) is 0 Å². The number of hydrogen-bond donors (Lipinski definition) is 0. The molecule has 0 bridgehead atoms. The fourth-order valence-electron chi connectivity index (χ4n) is 8.58. The van der Waals surface area contributed by atoms with Gasteiger partial charge in [-0.15, -0.1) is 0 Å². The minimum absolute atomic E-state index is 0.0955. The molecule has 0 aromatic heterocycles. The molecule has 82 heavy (non-hydrogen) atoms. The second-order valence-corrected chi connectivity index (χ2v) is 21.3. The molecule has 1 unspecified atom stereocenters. The van der Waals surface area contributed by atoms with Crippen LogP contribution in [-0.4, -0.2) is 37.2 Å². The van der Waals surface area contributed by atoms with Gasteiger partial charge >= 0.3 is 17.9 Å². The number of unbranched alkanes of at least 4 members (excludes halogenated alkanes) is 19. The van der Waals surface area contributed by atoms with Crippen molar-refractivity contribution in [2.45, 2.75) is 277 Å². The number of rotatable bonds is 58. The summed E-state index contributed by atoms with van der Waals surface area (Å²) in [5, 5.41) is 0. The van der Waals surface area contributed by atoms with E-state index in [-0.39, 0.29) is 31.1 Å². The van der Waals surface area contributed by atoms with E-state index >= 15 is 0 Å². The monoisotopic (exact) mass is 1130 g/mol. The van der Waals surface area contributed by atoms with E-state index in [1.165, 1.54) is 64.2 Å². The molecule has 0 saturated heterocycles. The largest absolute Gasteiger partial charge is 0.462 e. The van der Waals surface area contributed by atoms with Crippen LogP contribution in [0.2, 0.25) is 0 Å². The summed E-state index contributed by atoms with van der Waals surface area (Å²) in [7, 11) is 0. The maximum absolute atomic E-state index is 12.9. The van der Waals surface area contributed by atoms with Crippen LogP contribution < -0.4 is 0 Å². The molecule has 0 N–H and O–H groups in total. The van der Waals surface area contributed by atoms with Crippen molar-refractivity contribution in [1.82, 2.24) is 0 Å². The summed E-state index contributed by atoms with van der Waals surface area (Å²) in [6.07, 6.45) is 101. The highest BCUT2D eigenvalue weighted by Crippen LogP contribution is 2.14. The van der Waals surface area contributed by atoms with Gasteiger partial charge in [-0.1, -0.05) is 287 Å². The topological polar surface area (TPSA) is 78.9 Å². The Kier molecular flexibility index (Phi) is 63.9. The average molecular weight is 1130 g/mol. The van der Waals surface area contributed by atoms with Gasteiger partial charge in [0.05, 0.1) is 0 Å². The quantitative estimate of drug-likeness (QED) is 0.0261. The highest BCUT2D eigenvalue weighted by molar-refractivity contribution is 5.71. The second-order valence-electron chi connectivity index (χ2n) is 21.3. The molecule has 0 heterocycles. The molecule has 0 aliphatic rings. The van der Waals surface area contributed by atoms with Crippen molar-refractivity contribution in [3.05, 3.63) is 170 Å². The van der Waals surface area contributed by atoms with Crippen LogP contribution in [0.5, 0.6) is 0 Å². The Balaban J connectivity index is 4.30. The van der Waals surface area contributed by atoms with E-state index in [1.807, 2.05) is 0 Å². The van der Waals surface area contributed by atoms with Crippen LogP contribution in [0.3, 0.4) is 0 Å². The lowest BCUT2D eigenvalue weighted by Crippen LogP contribution is -2.30. The molecule has 0 spiro atoms. The minimum Gasteiger partial charge on any atom is -0.462 e. The standard InChI is InChI=1S/C76H120O6/c1-4-7-10-13-16-19-21-23-25-27-29-31-33-35-37-38-40-41-43-45-47-49-51-53-55-57-60-63-66-69-75(78)81-72-73(71-80-74(77)68-65-62-59-18-15-12-9-6-3)82-76(79)70-67-64-61-58-56-54-52-50-48-46-44-42-39-36-34-32-30-28-26-24-22-20-17-14-11-8-5-2/h7-8,10-11,16-17,19-20,23-26,29-32,35-37,39-41,44-47,51,53,73H,4-6,9,12-15,18,21-22,27-28,33-34,38,42-43,48-50,52,54-72H2,1-3H3/b10-7-,11-8-,19-16-,20-17-,25-23-,26-24-,31-29-,32-30-,37-35-,39-36-,41-40-,46-44-,47-45-,53-51-. The summed E-state index contributed by atoms with van der Waals surface area (Å²) in [6.45, 7) is 6.35. The van der Waals surface area contributed by atoms with Gasteiger partial charge in [-0.3, -0.25) is 14.4 Å². The van der Waals surface area contributed by atoms with Crippen LogP contribution in [0, 0.1) is 0 Å². The number of carbonyl (C=O) groups is 3. The first-order valence-electron chi connectivity index (χ1n) is 33.1. The Morgan fingerprint density at radius 1 is 0.256 bits per heavy atom. The van der Waals surface area contributed by atoms with E-state index in [1.54, 1.807) is 0 Å². The maximum Gasteiger partial charge on any atom is 0.306 e. The Bertz CT molecular complexity index is 1870. The van der Waals surface area contributed by atoms with Crippen molar-refractivity contribution in [3.8, 4) is 0 Å². The molecular weight excluding hydrogens is 1010 g/mol. The van der Waals surface area contributed by atoms with Crippen molar-refractivity contribution in [2.75, 3.05) is 13.2 Å². The van der Waals surface area contributed by atoms with E-state index in [2.05, 4.69) is 191 Å². The third-order valence-corrected chi connectivity index (χ3v) is 13.5. The van der Waals surface area contributed by atoms with Gasteiger partial charge in [-0.2, -0.15) is 0 Å². The fourth-order valence-corrected chi connectivity index (χ4v) is 8.58. The first-order valence-corrected chi connectivity index (χ1v) is 33.1. The van der Waals surface area contributed by atoms with Crippen LogP contribution in [0.15, 0.2) is 170 Å². The fraction of sp³-hybridized carbons (Fsp3) is 0.592. The molecule has 0 aliphatic heterocycles. The molecule has 0 aromatic rings. The lowest BCUT2D eigenvalue weighted by Gasteiger charge is -2.18. The summed E-state index contributed by atoms with van der Waals surface area (Å²) in [4.78, 5) is 38.2. The van der Waals surface area contributed by atoms with E-state index in [9.17, 15) is 14.4 Å².